The van der Waals surface area contributed by atoms with E-state index < -0.39 is 4.92 Å². The Morgan fingerprint density at radius 2 is 2.26 bits per heavy atom. The van der Waals surface area contributed by atoms with Crippen molar-refractivity contribution in [1.29, 1.82) is 0 Å². The lowest BCUT2D eigenvalue weighted by Gasteiger charge is -2.31. The molecule has 102 valence electrons. The van der Waals surface area contributed by atoms with Crippen molar-refractivity contribution in [3.8, 4) is 0 Å². The topological polar surface area (TPSA) is 84.3 Å². The average Bonchev–Trinajstić information content (AvgIpc) is 2.28. The van der Waals surface area contributed by atoms with Crippen LogP contribution in [-0.2, 0) is 4.79 Å². The summed E-state index contributed by atoms with van der Waals surface area (Å²) in [4.78, 5) is 22.5. The summed E-state index contributed by atoms with van der Waals surface area (Å²) in [5, 5.41) is 16.7. The van der Waals surface area contributed by atoms with Crippen molar-refractivity contribution >= 4 is 33.2 Å². The fourth-order valence-electron chi connectivity index (χ4n) is 1.89. The second-order valence-corrected chi connectivity index (χ2v) is 5.53. The Morgan fingerprint density at radius 1 is 1.58 bits per heavy atom. The third-order valence-electron chi connectivity index (χ3n) is 3.35. The van der Waals surface area contributed by atoms with Crippen LogP contribution in [0, 0.1) is 22.0 Å². The molecule has 7 heteroatoms. The molecular weight excluding hydrogens is 314 g/mol. The molecule has 1 aromatic rings. The van der Waals surface area contributed by atoms with Gasteiger partial charge in [0, 0.05) is 16.5 Å². The standard InChI is InChI=1S/C12H14BrN3O3/c1-7(8-5-14-6-8)12(17)15-10-3-2-9(13)4-11(10)16(18)19/h2-4,7-8,14H,5-6H2,1H3,(H,15,17). The molecular formula is C12H14BrN3O3. The third-order valence-corrected chi connectivity index (χ3v) is 3.84. The van der Waals surface area contributed by atoms with Gasteiger partial charge in [-0.25, -0.2) is 0 Å². The van der Waals surface area contributed by atoms with Gasteiger partial charge in [0.05, 0.1) is 4.92 Å². The summed E-state index contributed by atoms with van der Waals surface area (Å²) in [6.07, 6.45) is 0. The molecule has 1 aromatic carbocycles. The molecule has 0 aliphatic carbocycles. The Kier molecular flexibility index (Phi) is 4.16. The van der Waals surface area contributed by atoms with Crippen LogP contribution in [0.1, 0.15) is 6.92 Å². The number of hydrogen-bond acceptors (Lipinski definition) is 4. The number of rotatable bonds is 4. The second-order valence-electron chi connectivity index (χ2n) is 4.61. The molecule has 0 saturated carbocycles. The molecule has 1 saturated heterocycles. The van der Waals surface area contributed by atoms with E-state index in [1.165, 1.54) is 12.1 Å². The molecule has 0 aromatic heterocycles. The van der Waals surface area contributed by atoms with E-state index in [1.54, 1.807) is 6.07 Å². The van der Waals surface area contributed by atoms with Gasteiger partial charge >= 0.3 is 0 Å². The molecule has 0 bridgehead atoms. The maximum absolute atomic E-state index is 12.0. The van der Waals surface area contributed by atoms with E-state index in [4.69, 9.17) is 0 Å². The van der Waals surface area contributed by atoms with E-state index in [1.807, 2.05) is 6.92 Å². The number of benzene rings is 1. The van der Waals surface area contributed by atoms with E-state index in [0.717, 1.165) is 13.1 Å². The van der Waals surface area contributed by atoms with E-state index in [-0.39, 0.29) is 23.2 Å². The van der Waals surface area contributed by atoms with E-state index in [2.05, 4.69) is 26.6 Å². The SMILES string of the molecule is CC(C(=O)Nc1ccc(Br)cc1[N+](=O)[O-])C1CNC1. The van der Waals surface area contributed by atoms with Gasteiger partial charge in [-0.3, -0.25) is 14.9 Å². The molecule has 19 heavy (non-hydrogen) atoms. The lowest BCUT2D eigenvalue weighted by atomic mass is 9.88. The van der Waals surface area contributed by atoms with Crippen LogP contribution >= 0.6 is 15.9 Å². The Labute approximate surface area is 118 Å². The number of anilines is 1. The van der Waals surface area contributed by atoms with Crippen LogP contribution in [0.3, 0.4) is 0 Å². The lowest BCUT2D eigenvalue weighted by Crippen LogP contribution is -2.48. The Balaban J connectivity index is 2.13. The summed E-state index contributed by atoms with van der Waals surface area (Å²) < 4.78 is 0.605. The average molecular weight is 328 g/mol. The van der Waals surface area contributed by atoms with E-state index in [9.17, 15) is 14.9 Å². The highest BCUT2D eigenvalue weighted by molar-refractivity contribution is 9.10. The minimum absolute atomic E-state index is 0.110. The highest BCUT2D eigenvalue weighted by atomic mass is 79.9. The second kappa shape index (κ2) is 5.66. The van der Waals surface area contributed by atoms with Crippen LogP contribution in [0.2, 0.25) is 0 Å². The van der Waals surface area contributed by atoms with Crippen molar-refractivity contribution in [2.24, 2.45) is 11.8 Å². The number of carbonyl (C=O) groups excluding carboxylic acids is 1. The smallest absolute Gasteiger partial charge is 0.293 e. The van der Waals surface area contributed by atoms with Crippen LogP contribution in [0.5, 0.6) is 0 Å². The first-order valence-corrected chi connectivity index (χ1v) is 6.74. The van der Waals surface area contributed by atoms with Gasteiger partial charge in [0.1, 0.15) is 5.69 Å². The summed E-state index contributed by atoms with van der Waals surface area (Å²) in [7, 11) is 0. The largest absolute Gasteiger partial charge is 0.320 e. The Hall–Kier alpha value is -1.47. The number of nitro groups is 1. The molecule has 2 N–H and O–H groups in total. The molecule has 1 aliphatic rings. The van der Waals surface area contributed by atoms with Crippen molar-refractivity contribution in [3.63, 3.8) is 0 Å². The minimum atomic E-state index is -0.504. The molecule has 0 radical (unpaired) electrons. The van der Waals surface area contributed by atoms with Crippen LogP contribution in [0.15, 0.2) is 22.7 Å². The van der Waals surface area contributed by atoms with Crippen LogP contribution in [0.4, 0.5) is 11.4 Å². The molecule has 6 nitrogen and oxygen atoms in total. The quantitative estimate of drug-likeness (QED) is 0.655. The van der Waals surface area contributed by atoms with Crippen LogP contribution < -0.4 is 10.6 Å². The molecule has 0 spiro atoms. The molecule has 1 atom stereocenters. The maximum Gasteiger partial charge on any atom is 0.293 e. The molecule has 1 unspecified atom stereocenters. The first-order valence-electron chi connectivity index (χ1n) is 5.94. The van der Waals surface area contributed by atoms with Gasteiger partial charge in [-0.2, -0.15) is 0 Å². The number of amides is 1. The predicted octanol–water partition coefficient (Wildman–Crippen LogP) is 2.15. The molecule has 1 amide bonds. The number of carbonyl (C=O) groups is 1. The van der Waals surface area contributed by atoms with Crippen LogP contribution in [-0.4, -0.2) is 23.9 Å². The first kappa shape index (κ1) is 14.0. The number of nitrogens with zero attached hydrogens (tertiary/aromatic N) is 1. The van der Waals surface area contributed by atoms with Gasteiger partial charge in [0.15, 0.2) is 0 Å². The van der Waals surface area contributed by atoms with Crippen molar-refractivity contribution in [1.82, 2.24) is 5.32 Å². The van der Waals surface area contributed by atoms with Gasteiger partial charge in [0.25, 0.3) is 5.69 Å². The molecule has 1 heterocycles. The highest BCUT2D eigenvalue weighted by Gasteiger charge is 2.29. The zero-order chi connectivity index (χ0) is 14.0. The fourth-order valence-corrected chi connectivity index (χ4v) is 2.24. The van der Waals surface area contributed by atoms with Crippen molar-refractivity contribution in [2.75, 3.05) is 18.4 Å². The normalized spacial score (nSPS) is 16.5. The van der Waals surface area contributed by atoms with Crippen molar-refractivity contribution < 1.29 is 9.72 Å². The lowest BCUT2D eigenvalue weighted by molar-refractivity contribution is -0.384. The zero-order valence-electron chi connectivity index (χ0n) is 10.4. The summed E-state index contributed by atoms with van der Waals surface area (Å²) in [6.45, 7) is 3.47. The molecule has 1 aliphatic heterocycles. The predicted molar refractivity (Wildman–Crippen MR) is 74.9 cm³/mol. The van der Waals surface area contributed by atoms with E-state index in [0.29, 0.717) is 10.4 Å². The third kappa shape index (κ3) is 3.10. The highest BCUT2D eigenvalue weighted by Crippen LogP contribution is 2.29. The summed E-state index contributed by atoms with van der Waals surface area (Å²) in [5.41, 5.74) is 0.124. The van der Waals surface area contributed by atoms with Crippen molar-refractivity contribution in [3.05, 3.63) is 32.8 Å². The van der Waals surface area contributed by atoms with Gasteiger partial charge < -0.3 is 10.6 Å². The van der Waals surface area contributed by atoms with Gasteiger partial charge in [-0.1, -0.05) is 22.9 Å². The number of hydrogen-bond donors (Lipinski definition) is 2. The monoisotopic (exact) mass is 327 g/mol. The molecule has 2 rings (SSSR count). The Bertz CT molecular complexity index is 517. The van der Waals surface area contributed by atoms with Gasteiger partial charge in [0.2, 0.25) is 5.91 Å². The summed E-state index contributed by atoms with van der Waals surface area (Å²) >= 11 is 3.18. The van der Waals surface area contributed by atoms with Gasteiger partial charge in [-0.05, 0) is 31.1 Å². The summed E-state index contributed by atoms with van der Waals surface area (Å²) in [5.74, 6) is -0.0454. The zero-order valence-corrected chi connectivity index (χ0v) is 11.9. The first-order chi connectivity index (χ1) is 8.99. The number of nitrogens with one attached hydrogen (secondary N) is 2. The fraction of sp³-hybridized carbons (Fsp3) is 0.417. The van der Waals surface area contributed by atoms with E-state index >= 15 is 0 Å². The van der Waals surface area contributed by atoms with Gasteiger partial charge in [-0.15, -0.1) is 0 Å². The Morgan fingerprint density at radius 3 is 2.79 bits per heavy atom. The summed E-state index contributed by atoms with van der Waals surface area (Å²) in [6, 6.07) is 4.58. The van der Waals surface area contributed by atoms with Crippen LogP contribution in [0.25, 0.3) is 0 Å². The molecule has 1 fully saturated rings. The number of halogens is 1. The maximum atomic E-state index is 12.0. The minimum Gasteiger partial charge on any atom is -0.320 e. The number of nitro benzene ring substituents is 1. The van der Waals surface area contributed by atoms with Crippen molar-refractivity contribution in [2.45, 2.75) is 6.92 Å².